The van der Waals surface area contributed by atoms with Crippen LogP contribution in [0.3, 0.4) is 0 Å². The van der Waals surface area contributed by atoms with E-state index < -0.39 is 35.0 Å². The molecule has 0 saturated heterocycles. The highest BCUT2D eigenvalue weighted by Gasteiger charge is 2.22. The maximum atomic E-state index is 13.1. The number of hydrogen-bond acceptors (Lipinski definition) is 3. The summed E-state index contributed by atoms with van der Waals surface area (Å²) in [4.78, 5) is 23.8. The molecule has 1 unspecified atom stereocenters. The number of carbonyl (C=O) groups is 2. The Kier molecular flexibility index (Phi) is 4.88. The van der Waals surface area contributed by atoms with Crippen molar-refractivity contribution in [2.45, 2.75) is 39.3 Å². The van der Waals surface area contributed by atoms with E-state index in [2.05, 4.69) is 10.6 Å². The molecule has 0 heterocycles. The highest BCUT2D eigenvalue weighted by Crippen LogP contribution is 2.17. The van der Waals surface area contributed by atoms with E-state index in [1.54, 1.807) is 20.8 Å². The minimum absolute atomic E-state index is 0.199. The summed E-state index contributed by atoms with van der Waals surface area (Å²) in [5.74, 6) is -3.45. The molecule has 0 bridgehead atoms. The number of benzene rings is 1. The number of hydrogen-bond donors (Lipinski definition) is 3. The van der Waals surface area contributed by atoms with Crippen LogP contribution >= 0.6 is 0 Å². The Labute approximate surface area is 121 Å². The number of nitrogen functional groups attached to an aromatic ring is 1. The Balaban J connectivity index is 2.82. The van der Waals surface area contributed by atoms with Crippen LogP contribution in [0.25, 0.3) is 0 Å². The number of halogens is 2. The molecular formula is C14H19F2N3O2. The molecule has 0 aliphatic rings. The van der Waals surface area contributed by atoms with E-state index >= 15 is 0 Å². The lowest BCUT2D eigenvalue weighted by Crippen LogP contribution is -2.50. The molecule has 0 fully saturated rings. The third kappa shape index (κ3) is 4.70. The van der Waals surface area contributed by atoms with Crippen molar-refractivity contribution in [3.63, 3.8) is 0 Å². The summed E-state index contributed by atoms with van der Waals surface area (Å²) >= 11 is 0. The Hall–Kier alpha value is -2.18. The van der Waals surface area contributed by atoms with Crippen LogP contribution in [0.1, 0.15) is 38.1 Å². The monoisotopic (exact) mass is 299 g/mol. The van der Waals surface area contributed by atoms with Crippen molar-refractivity contribution in [1.29, 1.82) is 0 Å². The minimum Gasteiger partial charge on any atom is -0.398 e. The Morgan fingerprint density at radius 1 is 1.19 bits per heavy atom. The molecule has 7 heteroatoms. The lowest BCUT2D eigenvalue weighted by Gasteiger charge is -2.23. The zero-order valence-electron chi connectivity index (χ0n) is 12.4. The predicted octanol–water partition coefficient (Wildman–Crippen LogP) is 1.58. The van der Waals surface area contributed by atoms with E-state index in [0.29, 0.717) is 6.07 Å². The van der Waals surface area contributed by atoms with E-state index in [4.69, 9.17) is 5.73 Å². The molecule has 116 valence electrons. The maximum Gasteiger partial charge on any atom is 0.254 e. The Morgan fingerprint density at radius 2 is 1.71 bits per heavy atom. The van der Waals surface area contributed by atoms with Gasteiger partial charge in [-0.2, -0.15) is 0 Å². The van der Waals surface area contributed by atoms with Crippen LogP contribution in [0.15, 0.2) is 12.1 Å². The average molecular weight is 299 g/mol. The largest absolute Gasteiger partial charge is 0.398 e. The van der Waals surface area contributed by atoms with Crippen molar-refractivity contribution in [3.05, 3.63) is 29.3 Å². The van der Waals surface area contributed by atoms with Crippen molar-refractivity contribution >= 4 is 17.5 Å². The summed E-state index contributed by atoms with van der Waals surface area (Å²) in [7, 11) is 0. The van der Waals surface area contributed by atoms with Gasteiger partial charge in [0.1, 0.15) is 6.04 Å². The summed E-state index contributed by atoms with van der Waals surface area (Å²) in [6.45, 7) is 6.88. The van der Waals surface area contributed by atoms with Crippen molar-refractivity contribution in [2.75, 3.05) is 5.73 Å². The van der Waals surface area contributed by atoms with Gasteiger partial charge in [-0.25, -0.2) is 8.78 Å². The lowest BCUT2D eigenvalue weighted by molar-refractivity contribution is -0.124. The van der Waals surface area contributed by atoms with Gasteiger partial charge in [-0.3, -0.25) is 9.59 Å². The zero-order valence-corrected chi connectivity index (χ0v) is 12.4. The molecule has 0 spiro atoms. The normalized spacial score (nSPS) is 12.7. The standard InChI is InChI=1S/C14H19F2N3O2/c1-7(12(20)19-14(2,3)4)18-13(21)8-5-9(15)10(16)6-11(8)17/h5-7H,17H2,1-4H3,(H,18,21)(H,19,20). The third-order valence-corrected chi connectivity index (χ3v) is 2.58. The summed E-state index contributed by atoms with van der Waals surface area (Å²) in [6, 6.07) is 0.586. The quantitative estimate of drug-likeness (QED) is 0.741. The molecular weight excluding hydrogens is 280 g/mol. The predicted molar refractivity (Wildman–Crippen MR) is 75.6 cm³/mol. The number of carbonyl (C=O) groups excluding carboxylic acids is 2. The molecule has 2 amide bonds. The summed E-state index contributed by atoms with van der Waals surface area (Å²) in [6.07, 6.45) is 0. The van der Waals surface area contributed by atoms with Gasteiger partial charge in [0, 0.05) is 17.3 Å². The van der Waals surface area contributed by atoms with Crippen LogP contribution in [0, 0.1) is 11.6 Å². The molecule has 1 aromatic carbocycles. The molecule has 0 aliphatic carbocycles. The van der Waals surface area contributed by atoms with Gasteiger partial charge in [-0.1, -0.05) is 0 Å². The van der Waals surface area contributed by atoms with Gasteiger partial charge in [0.15, 0.2) is 11.6 Å². The van der Waals surface area contributed by atoms with Gasteiger partial charge in [0.05, 0.1) is 5.56 Å². The van der Waals surface area contributed by atoms with Crippen molar-refractivity contribution in [3.8, 4) is 0 Å². The van der Waals surface area contributed by atoms with Gasteiger partial charge < -0.3 is 16.4 Å². The lowest BCUT2D eigenvalue weighted by atomic mass is 10.1. The molecule has 1 rings (SSSR count). The van der Waals surface area contributed by atoms with Crippen LogP contribution < -0.4 is 16.4 Å². The van der Waals surface area contributed by atoms with Crippen LogP contribution in [0.2, 0.25) is 0 Å². The molecule has 0 aliphatic heterocycles. The van der Waals surface area contributed by atoms with Gasteiger partial charge >= 0.3 is 0 Å². The Morgan fingerprint density at radius 3 is 2.24 bits per heavy atom. The minimum atomic E-state index is -1.18. The fourth-order valence-electron chi connectivity index (χ4n) is 1.58. The van der Waals surface area contributed by atoms with Crippen LogP contribution in [0.5, 0.6) is 0 Å². The van der Waals surface area contributed by atoms with E-state index in [1.165, 1.54) is 6.92 Å². The van der Waals surface area contributed by atoms with Crippen molar-refractivity contribution < 1.29 is 18.4 Å². The molecule has 1 atom stereocenters. The summed E-state index contributed by atoms with van der Waals surface area (Å²) in [5.41, 5.74) is 4.61. The molecule has 0 radical (unpaired) electrons. The first-order valence-corrected chi connectivity index (χ1v) is 6.38. The number of anilines is 1. The second-order valence-corrected chi connectivity index (χ2v) is 5.79. The first-order chi connectivity index (χ1) is 9.51. The van der Waals surface area contributed by atoms with E-state index in [-0.39, 0.29) is 11.3 Å². The van der Waals surface area contributed by atoms with Crippen LogP contribution in [0.4, 0.5) is 14.5 Å². The van der Waals surface area contributed by atoms with Crippen LogP contribution in [-0.4, -0.2) is 23.4 Å². The topological polar surface area (TPSA) is 84.2 Å². The fourth-order valence-corrected chi connectivity index (χ4v) is 1.58. The second-order valence-electron chi connectivity index (χ2n) is 5.79. The average Bonchev–Trinajstić information content (AvgIpc) is 2.31. The molecule has 0 saturated carbocycles. The van der Waals surface area contributed by atoms with Gasteiger partial charge in [-0.15, -0.1) is 0 Å². The van der Waals surface area contributed by atoms with E-state index in [9.17, 15) is 18.4 Å². The highest BCUT2D eigenvalue weighted by molar-refractivity contribution is 6.01. The number of amides is 2. The van der Waals surface area contributed by atoms with Crippen molar-refractivity contribution in [1.82, 2.24) is 10.6 Å². The Bertz CT molecular complexity index is 568. The molecule has 21 heavy (non-hydrogen) atoms. The molecule has 5 nitrogen and oxygen atoms in total. The maximum absolute atomic E-state index is 13.1. The summed E-state index contributed by atoms with van der Waals surface area (Å²) in [5, 5.41) is 5.08. The fraction of sp³-hybridized carbons (Fsp3) is 0.429. The van der Waals surface area contributed by atoms with E-state index in [1.807, 2.05) is 0 Å². The van der Waals surface area contributed by atoms with Gasteiger partial charge in [-0.05, 0) is 33.8 Å². The number of nitrogens with two attached hydrogens (primary N) is 1. The molecule has 0 aromatic heterocycles. The second kappa shape index (κ2) is 6.07. The van der Waals surface area contributed by atoms with Crippen molar-refractivity contribution in [2.24, 2.45) is 0 Å². The first kappa shape index (κ1) is 16.9. The third-order valence-electron chi connectivity index (χ3n) is 2.58. The number of nitrogens with one attached hydrogen (secondary N) is 2. The molecule has 4 N–H and O–H groups in total. The smallest absolute Gasteiger partial charge is 0.254 e. The highest BCUT2D eigenvalue weighted by atomic mass is 19.2. The number of rotatable bonds is 3. The molecule has 1 aromatic rings. The summed E-state index contributed by atoms with van der Waals surface area (Å²) < 4.78 is 26.1. The van der Waals surface area contributed by atoms with Gasteiger partial charge in [0.25, 0.3) is 5.91 Å². The van der Waals surface area contributed by atoms with E-state index in [0.717, 1.165) is 6.07 Å². The SMILES string of the molecule is CC(NC(=O)c1cc(F)c(F)cc1N)C(=O)NC(C)(C)C. The van der Waals surface area contributed by atoms with Crippen LogP contribution in [-0.2, 0) is 4.79 Å². The zero-order chi connectivity index (χ0) is 16.4. The first-order valence-electron chi connectivity index (χ1n) is 6.38. The van der Waals surface area contributed by atoms with Gasteiger partial charge in [0.2, 0.25) is 5.91 Å².